The normalized spacial score (nSPS) is 12.3. The summed E-state index contributed by atoms with van der Waals surface area (Å²) >= 11 is 2.39. The van der Waals surface area contributed by atoms with Crippen molar-refractivity contribution in [2.45, 2.75) is 34.6 Å². The number of pyridine rings is 1. The van der Waals surface area contributed by atoms with Crippen LogP contribution < -0.4 is 4.72 Å². The Kier molecular flexibility index (Phi) is 5.09. The summed E-state index contributed by atoms with van der Waals surface area (Å²) in [6.45, 7) is 5.41. The van der Waals surface area contributed by atoms with E-state index < -0.39 is 20.7 Å². The molecule has 136 valence electrons. The van der Waals surface area contributed by atoms with Crippen molar-refractivity contribution in [1.29, 1.82) is 0 Å². The summed E-state index contributed by atoms with van der Waals surface area (Å²) < 4.78 is 26.0. The zero-order valence-electron chi connectivity index (χ0n) is 14.5. The van der Waals surface area contributed by atoms with Gasteiger partial charge in [-0.25, -0.2) is 13.1 Å². The molecule has 0 aliphatic rings. The number of carbonyl (C=O) groups is 1. The fourth-order valence-corrected chi connectivity index (χ4v) is 5.62. The van der Waals surface area contributed by atoms with Gasteiger partial charge in [0, 0.05) is 16.5 Å². The van der Waals surface area contributed by atoms with E-state index >= 15 is 0 Å². The number of benzene rings is 1. The molecule has 1 N–H and O–H groups in total. The molecule has 1 aromatic carbocycles. The Hall–Kier alpha value is -1.90. The number of hydrogen-bond acceptors (Lipinski definition) is 6. The van der Waals surface area contributed by atoms with E-state index in [1.807, 2.05) is 31.2 Å². The predicted molar refractivity (Wildman–Crippen MR) is 106 cm³/mol. The number of fused-ring (bicyclic) bond motifs is 1. The van der Waals surface area contributed by atoms with Crippen LogP contribution >= 0.6 is 23.1 Å². The van der Waals surface area contributed by atoms with E-state index in [0.29, 0.717) is 0 Å². The van der Waals surface area contributed by atoms with Gasteiger partial charge in [0.05, 0.1) is 10.3 Å². The number of thiophene rings is 1. The fourth-order valence-electron chi connectivity index (χ4n) is 2.36. The van der Waals surface area contributed by atoms with Gasteiger partial charge in [-0.3, -0.25) is 9.78 Å². The number of nitrogens with zero attached hydrogens (tertiary/aromatic N) is 1. The number of carbonyl (C=O) groups excluding carboxylic acids is 1. The summed E-state index contributed by atoms with van der Waals surface area (Å²) in [7, 11) is -3.85. The minimum Gasteiger partial charge on any atom is -0.272 e. The Labute approximate surface area is 160 Å². The van der Waals surface area contributed by atoms with E-state index in [-0.39, 0.29) is 4.21 Å². The lowest BCUT2D eigenvalue weighted by atomic mass is 10.1. The van der Waals surface area contributed by atoms with Gasteiger partial charge in [0.1, 0.15) is 4.21 Å². The molecule has 0 aliphatic carbocycles. The van der Waals surface area contributed by atoms with Crippen LogP contribution in [0.5, 0.6) is 0 Å². The average molecular weight is 407 g/mol. The van der Waals surface area contributed by atoms with E-state index in [0.717, 1.165) is 32.7 Å². The maximum absolute atomic E-state index is 12.7. The molecule has 26 heavy (non-hydrogen) atoms. The molecular weight excluding hydrogens is 388 g/mol. The molecule has 0 spiro atoms. The molecule has 3 rings (SSSR count). The molecule has 0 atom stereocenters. The van der Waals surface area contributed by atoms with Gasteiger partial charge in [-0.2, -0.15) is 0 Å². The summed E-state index contributed by atoms with van der Waals surface area (Å²) in [5, 5.41) is 2.60. The van der Waals surface area contributed by atoms with Crippen molar-refractivity contribution in [3.63, 3.8) is 0 Å². The third-order valence-corrected chi connectivity index (χ3v) is 7.76. The maximum Gasteiger partial charge on any atom is 0.273 e. The van der Waals surface area contributed by atoms with Gasteiger partial charge in [0.25, 0.3) is 10.0 Å². The van der Waals surface area contributed by atoms with Crippen molar-refractivity contribution in [1.82, 2.24) is 9.71 Å². The first-order chi connectivity index (χ1) is 12.2. The first kappa shape index (κ1) is 18.9. The molecule has 0 aliphatic heterocycles. The molecule has 2 aromatic heterocycles. The van der Waals surface area contributed by atoms with Crippen LogP contribution in [0.15, 0.2) is 57.1 Å². The smallest absolute Gasteiger partial charge is 0.272 e. The molecule has 0 bridgehead atoms. The summed E-state index contributed by atoms with van der Waals surface area (Å²) in [5.74, 6) is -0.562. The van der Waals surface area contributed by atoms with Crippen molar-refractivity contribution >= 4 is 49.9 Å². The Balaban J connectivity index is 1.87. The Bertz CT molecular complexity index is 1060. The molecule has 0 unspecified atom stereocenters. The molecule has 0 saturated carbocycles. The fraction of sp³-hybridized carbons (Fsp3) is 0.222. The van der Waals surface area contributed by atoms with Crippen molar-refractivity contribution in [2.75, 3.05) is 0 Å². The Morgan fingerprint density at radius 2 is 2.00 bits per heavy atom. The standard InChI is InChI=1S/C18H18N2O3S3/c1-12-6-7-14-13(11-12)15(8-9-19-14)25-18(2,3)17(21)20-26(22,23)16-5-4-10-24-16/h4-11H,1-3H3,(H,20,21). The minimum atomic E-state index is -3.85. The molecular formula is C18H18N2O3S3. The van der Waals surface area contributed by atoms with Crippen molar-refractivity contribution in [3.05, 3.63) is 53.5 Å². The van der Waals surface area contributed by atoms with E-state index in [1.54, 1.807) is 31.5 Å². The monoisotopic (exact) mass is 406 g/mol. The molecule has 2 heterocycles. The van der Waals surface area contributed by atoms with E-state index in [1.165, 1.54) is 17.8 Å². The molecule has 0 radical (unpaired) electrons. The van der Waals surface area contributed by atoms with Gasteiger partial charge in [-0.1, -0.05) is 17.7 Å². The zero-order chi connectivity index (χ0) is 18.9. The first-order valence-corrected chi connectivity index (χ1v) is 11.0. The second-order valence-corrected chi connectivity index (χ2v) is 10.8. The van der Waals surface area contributed by atoms with Crippen LogP contribution in [-0.2, 0) is 14.8 Å². The lowest BCUT2D eigenvalue weighted by Gasteiger charge is -2.23. The highest BCUT2D eigenvalue weighted by Gasteiger charge is 2.33. The van der Waals surface area contributed by atoms with Crippen LogP contribution in [0, 0.1) is 6.92 Å². The number of nitrogens with one attached hydrogen (secondary N) is 1. The molecule has 5 nitrogen and oxygen atoms in total. The molecule has 0 saturated heterocycles. The molecule has 8 heteroatoms. The average Bonchev–Trinajstić information content (AvgIpc) is 3.10. The van der Waals surface area contributed by atoms with Crippen LogP contribution in [0.2, 0.25) is 0 Å². The highest BCUT2D eigenvalue weighted by molar-refractivity contribution is 8.01. The SMILES string of the molecule is Cc1ccc2nccc(SC(C)(C)C(=O)NS(=O)(=O)c3cccs3)c2c1. The molecule has 1 amide bonds. The highest BCUT2D eigenvalue weighted by atomic mass is 32.2. The van der Waals surface area contributed by atoms with Crippen molar-refractivity contribution < 1.29 is 13.2 Å². The van der Waals surface area contributed by atoms with Crippen LogP contribution in [0.1, 0.15) is 19.4 Å². The number of rotatable bonds is 5. The number of sulfonamides is 1. The van der Waals surface area contributed by atoms with E-state index in [4.69, 9.17) is 0 Å². The van der Waals surface area contributed by atoms with Gasteiger partial charge in [0.2, 0.25) is 5.91 Å². The second kappa shape index (κ2) is 7.02. The number of thioether (sulfide) groups is 1. The first-order valence-electron chi connectivity index (χ1n) is 7.84. The van der Waals surface area contributed by atoms with E-state index in [9.17, 15) is 13.2 Å². The quantitative estimate of drug-likeness (QED) is 0.649. The van der Waals surface area contributed by atoms with Crippen LogP contribution in [0.25, 0.3) is 10.9 Å². The predicted octanol–water partition coefficient (Wildman–Crippen LogP) is 3.98. The van der Waals surface area contributed by atoms with E-state index in [2.05, 4.69) is 9.71 Å². The summed E-state index contributed by atoms with van der Waals surface area (Å²) in [4.78, 5) is 17.9. The summed E-state index contributed by atoms with van der Waals surface area (Å²) in [6.07, 6.45) is 1.69. The third-order valence-electron chi connectivity index (χ3n) is 3.76. The summed E-state index contributed by atoms with van der Waals surface area (Å²) in [5.41, 5.74) is 1.93. The van der Waals surface area contributed by atoms with Crippen LogP contribution in [0.4, 0.5) is 0 Å². The largest absolute Gasteiger partial charge is 0.273 e. The minimum absolute atomic E-state index is 0.122. The van der Waals surface area contributed by atoms with Gasteiger partial charge < -0.3 is 0 Å². The lowest BCUT2D eigenvalue weighted by molar-refractivity contribution is -0.120. The maximum atomic E-state index is 12.7. The third kappa shape index (κ3) is 3.92. The van der Waals surface area contributed by atoms with Gasteiger partial charge >= 0.3 is 0 Å². The van der Waals surface area contributed by atoms with Gasteiger partial charge in [0.15, 0.2) is 0 Å². The molecule has 0 fully saturated rings. The Morgan fingerprint density at radius 1 is 1.23 bits per heavy atom. The lowest BCUT2D eigenvalue weighted by Crippen LogP contribution is -2.42. The second-order valence-electron chi connectivity index (χ2n) is 6.31. The zero-order valence-corrected chi connectivity index (χ0v) is 17.0. The van der Waals surface area contributed by atoms with Crippen molar-refractivity contribution in [2.24, 2.45) is 0 Å². The molecule has 3 aromatic rings. The number of amides is 1. The van der Waals surface area contributed by atoms with Gasteiger partial charge in [-0.15, -0.1) is 23.1 Å². The van der Waals surface area contributed by atoms with Crippen LogP contribution in [0.3, 0.4) is 0 Å². The number of aromatic nitrogens is 1. The number of hydrogen-bond donors (Lipinski definition) is 1. The van der Waals surface area contributed by atoms with Crippen LogP contribution in [-0.4, -0.2) is 24.1 Å². The van der Waals surface area contributed by atoms with Crippen molar-refractivity contribution in [3.8, 4) is 0 Å². The highest BCUT2D eigenvalue weighted by Crippen LogP contribution is 2.37. The Morgan fingerprint density at radius 3 is 2.69 bits per heavy atom. The number of aryl methyl sites for hydroxylation is 1. The topological polar surface area (TPSA) is 76.1 Å². The van der Waals surface area contributed by atoms with Gasteiger partial charge in [-0.05, 0) is 50.4 Å². The summed E-state index contributed by atoms with van der Waals surface area (Å²) in [6, 6.07) is 10.9.